The van der Waals surface area contributed by atoms with Crippen molar-refractivity contribution in [3.8, 4) is 0 Å². The summed E-state index contributed by atoms with van der Waals surface area (Å²) in [4.78, 5) is 0. The van der Waals surface area contributed by atoms with Crippen LogP contribution in [-0.2, 0) is 0 Å². The van der Waals surface area contributed by atoms with Crippen molar-refractivity contribution in [1.82, 2.24) is 0 Å². The van der Waals surface area contributed by atoms with Gasteiger partial charge in [-0.2, -0.15) is 0 Å². The summed E-state index contributed by atoms with van der Waals surface area (Å²) in [5, 5.41) is 0. The second kappa shape index (κ2) is 1.56. The van der Waals surface area contributed by atoms with Crippen LogP contribution in [0, 0.1) is 0 Å². The summed E-state index contributed by atoms with van der Waals surface area (Å²) in [5.41, 5.74) is 0. The maximum absolute atomic E-state index is 2.49. The van der Waals surface area contributed by atoms with Crippen LogP contribution in [0.1, 0.15) is 0 Å². The largest absolute Gasteiger partial charge is 0.118 e. The first-order valence-corrected chi connectivity index (χ1v) is 8.91. The molecule has 0 unspecified atom stereocenters. The van der Waals surface area contributed by atoms with Crippen LogP contribution in [0.5, 0.6) is 0 Å². The van der Waals surface area contributed by atoms with Gasteiger partial charge >= 0.3 is 0 Å². The highest BCUT2D eigenvalue weighted by Crippen LogP contribution is 2.58. The molecule has 1 aliphatic rings. The predicted octanol–water partition coefficient (Wildman–Crippen LogP) is 2.32. The zero-order valence-corrected chi connectivity index (χ0v) is 7.26. The zero-order chi connectivity index (χ0) is 5.49. The summed E-state index contributed by atoms with van der Waals surface area (Å²) in [5.74, 6) is 0. The van der Waals surface area contributed by atoms with E-state index in [1.807, 2.05) is 0 Å². The molecule has 0 bridgehead atoms. The Hall–Kier alpha value is 0.647. The minimum atomic E-state index is -0.559. The first-order valence-electron chi connectivity index (χ1n) is 2.86. The van der Waals surface area contributed by atoms with Crippen molar-refractivity contribution in [2.24, 2.45) is 0 Å². The van der Waals surface area contributed by atoms with Gasteiger partial charge in [-0.25, -0.2) is 0 Å². The van der Waals surface area contributed by atoms with Crippen LogP contribution >= 0.6 is 7.47 Å². The van der Waals surface area contributed by atoms with Gasteiger partial charge in [0, 0.05) is 0 Å². The van der Waals surface area contributed by atoms with Crippen molar-refractivity contribution in [3.05, 3.63) is 0 Å². The Morgan fingerprint density at radius 1 is 1.14 bits per heavy atom. The third-order valence-electron chi connectivity index (χ3n) is 1.40. The average molecular weight is 132 g/mol. The van der Waals surface area contributed by atoms with Crippen molar-refractivity contribution in [3.63, 3.8) is 0 Å². The molecule has 2 heteroatoms. The van der Waals surface area contributed by atoms with Gasteiger partial charge < -0.3 is 0 Å². The predicted molar refractivity (Wildman–Crippen MR) is 40.0 cm³/mol. The van der Waals surface area contributed by atoms with E-state index in [9.17, 15) is 0 Å². The maximum Gasteiger partial charge on any atom is 0.0720 e. The Labute approximate surface area is 47.9 Å². The van der Waals surface area contributed by atoms with E-state index in [1.54, 1.807) is 12.3 Å². The molecule has 1 saturated heterocycles. The molecule has 1 heterocycles. The molecule has 0 saturated carbocycles. The minimum Gasteiger partial charge on any atom is -0.118 e. The Balaban J connectivity index is 2.36. The molecular formula is C5H13PSi. The molecule has 0 amide bonds. The van der Waals surface area contributed by atoms with Gasteiger partial charge in [-0.05, 0) is 12.3 Å². The number of hydrogen-bond acceptors (Lipinski definition) is 0. The van der Waals surface area contributed by atoms with Crippen molar-refractivity contribution in [2.45, 2.75) is 19.6 Å². The molecule has 0 nitrogen and oxygen atoms in total. The molecule has 1 rings (SSSR count). The van der Waals surface area contributed by atoms with E-state index in [1.165, 1.54) is 0 Å². The van der Waals surface area contributed by atoms with Crippen LogP contribution in [0.4, 0.5) is 0 Å². The fourth-order valence-electron chi connectivity index (χ4n) is 0.721. The summed E-state index contributed by atoms with van der Waals surface area (Å²) in [6, 6.07) is 0. The molecule has 0 N–H and O–H groups in total. The first-order chi connectivity index (χ1) is 3.11. The lowest BCUT2D eigenvalue weighted by atomic mass is 11.0. The van der Waals surface area contributed by atoms with Gasteiger partial charge in [-0.1, -0.05) is 19.6 Å². The summed E-state index contributed by atoms with van der Waals surface area (Å²) in [6.07, 6.45) is 3.20. The summed E-state index contributed by atoms with van der Waals surface area (Å²) >= 11 is 0. The van der Waals surface area contributed by atoms with Gasteiger partial charge in [0.15, 0.2) is 0 Å². The van der Waals surface area contributed by atoms with E-state index in [-0.39, 0.29) is 0 Å². The SMILES string of the molecule is C[Si](C)(C)P1CC1. The summed E-state index contributed by atoms with van der Waals surface area (Å²) < 4.78 is 0. The van der Waals surface area contributed by atoms with Gasteiger partial charge in [0.1, 0.15) is 0 Å². The Kier molecular flexibility index (Phi) is 1.29. The topological polar surface area (TPSA) is 0 Å². The molecule has 0 aromatic rings. The third kappa shape index (κ3) is 1.54. The van der Waals surface area contributed by atoms with Gasteiger partial charge in [-0.3, -0.25) is 0 Å². The van der Waals surface area contributed by atoms with Gasteiger partial charge in [0.05, 0.1) is 7.74 Å². The molecule has 1 fully saturated rings. The highest BCUT2D eigenvalue weighted by Gasteiger charge is 2.34. The van der Waals surface area contributed by atoms with Crippen LogP contribution in [0.3, 0.4) is 0 Å². The lowest BCUT2D eigenvalue weighted by Crippen LogP contribution is -2.11. The van der Waals surface area contributed by atoms with E-state index in [0.717, 1.165) is 0 Å². The van der Waals surface area contributed by atoms with Crippen LogP contribution in [-0.4, -0.2) is 20.1 Å². The first kappa shape index (κ1) is 5.78. The zero-order valence-electron chi connectivity index (χ0n) is 5.36. The molecule has 0 spiro atoms. The van der Waals surface area contributed by atoms with Gasteiger partial charge in [0.25, 0.3) is 0 Å². The van der Waals surface area contributed by atoms with Crippen molar-refractivity contribution < 1.29 is 0 Å². The third-order valence-corrected chi connectivity index (χ3v) is 11.2. The molecule has 0 aromatic heterocycles. The van der Waals surface area contributed by atoms with Crippen LogP contribution in [0.2, 0.25) is 19.6 Å². The second-order valence-electron chi connectivity index (χ2n) is 3.16. The van der Waals surface area contributed by atoms with E-state index >= 15 is 0 Å². The second-order valence-corrected chi connectivity index (χ2v) is 15.4. The van der Waals surface area contributed by atoms with Crippen LogP contribution in [0.15, 0.2) is 0 Å². The van der Waals surface area contributed by atoms with E-state index in [2.05, 4.69) is 19.6 Å². The molecule has 0 radical (unpaired) electrons. The van der Waals surface area contributed by atoms with Crippen LogP contribution < -0.4 is 0 Å². The standard InChI is InChI=1S/C5H13PSi/c1-7(2,3)6-4-5-6/h4-5H2,1-3H3. The average Bonchev–Trinajstić information content (AvgIpc) is 1.99. The number of rotatable bonds is 1. The van der Waals surface area contributed by atoms with Crippen molar-refractivity contribution in [1.29, 1.82) is 0 Å². The monoisotopic (exact) mass is 132 g/mol. The smallest absolute Gasteiger partial charge is 0.0720 e. The minimum absolute atomic E-state index is 0.559. The maximum atomic E-state index is 2.49. The highest BCUT2D eigenvalue weighted by atomic mass is 31.4. The molecular weight excluding hydrogens is 119 g/mol. The van der Waals surface area contributed by atoms with E-state index in [4.69, 9.17) is 0 Å². The quantitative estimate of drug-likeness (QED) is 0.379. The van der Waals surface area contributed by atoms with Crippen LogP contribution in [0.25, 0.3) is 0 Å². The summed E-state index contributed by atoms with van der Waals surface area (Å²) in [7, 11) is 0.0887. The Morgan fingerprint density at radius 3 is 1.57 bits per heavy atom. The fourth-order valence-corrected chi connectivity index (χ4v) is 7.39. The van der Waals surface area contributed by atoms with Gasteiger partial charge in [-0.15, -0.1) is 7.47 Å². The van der Waals surface area contributed by atoms with E-state index in [0.29, 0.717) is 7.47 Å². The van der Waals surface area contributed by atoms with Crippen molar-refractivity contribution in [2.75, 3.05) is 12.3 Å². The highest BCUT2D eigenvalue weighted by molar-refractivity contribution is 7.99. The lowest BCUT2D eigenvalue weighted by Gasteiger charge is -2.12. The van der Waals surface area contributed by atoms with E-state index < -0.39 is 7.74 Å². The molecule has 1 aliphatic heterocycles. The molecule has 0 aliphatic carbocycles. The molecule has 42 valence electrons. The van der Waals surface area contributed by atoms with Gasteiger partial charge in [0.2, 0.25) is 0 Å². The molecule has 0 atom stereocenters. The Bertz CT molecular complexity index is 70.6. The van der Waals surface area contributed by atoms with Crippen molar-refractivity contribution >= 4 is 15.2 Å². The summed E-state index contributed by atoms with van der Waals surface area (Å²) in [6.45, 7) is 7.48. The Morgan fingerprint density at radius 2 is 1.57 bits per heavy atom. The normalized spacial score (nSPS) is 22.7. The number of hydrogen-bond donors (Lipinski definition) is 0. The molecule has 7 heavy (non-hydrogen) atoms. The lowest BCUT2D eigenvalue weighted by molar-refractivity contribution is 1.75. The molecule has 0 aromatic carbocycles. The fraction of sp³-hybridized carbons (Fsp3) is 1.00.